The quantitative estimate of drug-likeness (QED) is 0.844. The topological polar surface area (TPSA) is 86.3 Å². The van der Waals surface area contributed by atoms with Crippen LogP contribution in [0.3, 0.4) is 0 Å². The van der Waals surface area contributed by atoms with Crippen LogP contribution in [0.15, 0.2) is 24.3 Å². The van der Waals surface area contributed by atoms with Crippen LogP contribution >= 0.6 is 12.4 Å². The predicted octanol–water partition coefficient (Wildman–Crippen LogP) is 2.59. The maximum absolute atomic E-state index is 13.0. The monoisotopic (exact) mass is 405 g/mol. The van der Waals surface area contributed by atoms with Crippen molar-refractivity contribution in [3.8, 4) is 11.4 Å². The van der Waals surface area contributed by atoms with Gasteiger partial charge in [0.1, 0.15) is 5.75 Å². The number of amides is 1. The molecule has 2 fully saturated rings. The molecule has 0 spiro atoms. The molecule has 2 N–H and O–H groups in total. The minimum Gasteiger partial charge on any atom is -0.491 e. The molecular weight excluding hydrogens is 378 g/mol. The number of hydrogen-bond acceptors (Lipinski definition) is 5. The van der Waals surface area contributed by atoms with Crippen LogP contribution in [0.5, 0.6) is 5.75 Å². The van der Waals surface area contributed by atoms with Crippen LogP contribution in [0.2, 0.25) is 0 Å². The van der Waals surface area contributed by atoms with Crippen molar-refractivity contribution in [3.05, 3.63) is 35.7 Å². The maximum atomic E-state index is 13.0. The third-order valence-corrected chi connectivity index (χ3v) is 5.75. The molecule has 0 radical (unpaired) electrons. The van der Waals surface area contributed by atoms with Crippen molar-refractivity contribution in [2.24, 2.45) is 17.6 Å². The van der Waals surface area contributed by atoms with Crippen LogP contribution in [-0.2, 0) is 0 Å². The molecule has 2 aromatic rings. The fourth-order valence-corrected chi connectivity index (χ4v) is 4.33. The zero-order chi connectivity index (χ0) is 19.1. The molecule has 4 rings (SSSR count). The highest BCUT2D eigenvalue weighted by Gasteiger charge is 2.43. The fourth-order valence-electron chi connectivity index (χ4n) is 4.33. The molecular formula is C20H28ClN5O2. The van der Waals surface area contributed by atoms with Crippen molar-refractivity contribution < 1.29 is 9.53 Å². The van der Waals surface area contributed by atoms with Gasteiger partial charge < -0.3 is 15.4 Å². The Morgan fingerprint density at radius 3 is 2.57 bits per heavy atom. The Morgan fingerprint density at radius 1 is 1.21 bits per heavy atom. The third-order valence-electron chi connectivity index (χ3n) is 5.75. The van der Waals surface area contributed by atoms with Crippen molar-refractivity contribution in [1.29, 1.82) is 0 Å². The number of aromatic nitrogens is 3. The van der Waals surface area contributed by atoms with Gasteiger partial charge in [0, 0.05) is 19.1 Å². The van der Waals surface area contributed by atoms with Gasteiger partial charge in [-0.15, -0.1) is 17.5 Å². The van der Waals surface area contributed by atoms with E-state index in [0.29, 0.717) is 17.5 Å². The number of ether oxygens (including phenoxy) is 1. The highest BCUT2D eigenvalue weighted by molar-refractivity contribution is 5.93. The Balaban J connectivity index is 0.00000225. The molecule has 1 aliphatic carbocycles. The highest BCUT2D eigenvalue weighted by Crippen LogP contribution is 2.37. The van der Waals surface area contributed by atoms with Crippen molar-refractivity contribution >= 4 is 18.3 Å². The molecule has 28 heavy (non-hydrogen) atoms. The summed E-state index contributed by atoms with van der Waals surface area (Å²) in [6.45, 7) is 7.39. The molecule has 2 heterocycles. The lowest BCUT2D eigenvalue weighted by atomic mass is 9.98. The van der Waals surface area contributed by atoms with Crippen LogP contribution in [0.25, 0.3) is 5.69 Å². The molecule has 1 aliphatic heterocycles. The van der Waals surface area contributed by atoms with E-state index >= 15 is 0 Å². The van der Waals surface area contributed by atoms with E-state index in [9.17, 15) is 4.79 Å². The Hall–Kier alpha value is -2.12. The van der Waals surface area contributed by atoms with Gasteiger partial charge in [0.15, 0.2) is 5.69 Å². The lowest BCUT2D eigenvalue weighted by Crippen LogP contribution is -2.34. The van der Waals surface area contributed by atoms with Gasteiger partial charge in [-0.05, 0) is 69.7 Å². The van der Waals surface area contributed by atoms with Crippen LogP contribution in [0.1, 0.15) is 42.9 Å². The largest absolute Gasteiger partial charge is 0.491 e. The highest BCUT2D eigenvalue weighted by atomic mass is 35.5. The number of nitrogens with zero attached hydrogens (tertiary/aromatic N) is 4. The molecule has 1 aromatic carbocycles. The van der Waals surface area contributed by atoms with Gasteiger partial charge in [0.2, 0.25) is 0 Å². The van der Waals surface area contributed by atoms with Crippen LogP contribution in [0, 0.1) is 18.8 Å². The lowest BCUT2D eigenvalue weighted by molar-refractivity contribution is 0.0773. The van der Waals surface area contributed by atoms with E-state index in [1.165, 1.54) is 0 Å². The number of hydrogen-bond donors (Lipinski definition) is 1. The fraction of sp³-hybridized carbons (Fsp3) is 0.550. The van der Waals surface area contributed by atoms with Gasteiger partial charge in [0.25, 0.3) is 5.91 Å². The smallest absolute Gasteiger partial charge is 0.276 e. The molecule has 8 heteroatoms. The minimum absolute atomic E-state index is 0. The average molecular weight is 406 g/mol. The molecule has 1 amide bonds. The standard InChI is InChI=1S/C20H27N5O2.ClH/c1-12(2)27-16-7-5-15(6-8-16)25-13(3)19(22-23-25)20(26)24-10-14-4-9-18(21)17(14)11-24;/h5-8,12,14,17-18H,4,9-11,21H2,1-3H3;1H. The van der Waals surface area contributed by atoms with E-state index in [2.05, 4.69) is 10.3 Å². The Labute approximate surface area is 171 Å². The Bertz CT molecular complexity index is 836. The molecule has 2 aliphatic rings. The summed E-state index contributed by atoms with van der Waals surface area (Å²) in [5.41, 5.74) is 8.22. The first-order chi connectivity index (χ1) is 12.9. The van der Waals surface area contributed by atoms with E-state index < -0.39 is 0 Å². The van der Waals surface area contributed by atoms with E-state index in [1.54, 1.807) is 4.68 Å². The van der Waals surface area contributed by atoms with E-state index in [0.717, 1.165) is 43.1 Å². The zero-order valence-electron chi connectivity index (χ0n) is 16.5. The summed E-state index contributed by atoms with van der Waals surface area (Å²) < 4.78 is 7.38. The Kier molecular flexibility index (Phi) is 5.95. The summed E-state index contributed by atoms with van der Waals surface area (Å²) in [5.74, 6) is 1.73. The molecule has 7 nitrogen and oxygen atoms in total. The second-order valence-electron chi connectivity index (χ2n) is 7.97. The van der Waals surface area contributed by atoms with Gasteiger partial charge in [-0.1, -0.05) is 5.21 Å². The van der Waals surface area contributed by atoms with Gasteiger partial charge in [-0.25, -0.2) is 4.68 Å². The van der Waals surface area contributed by atoms with Crippen LogP contribution in [0.4, 0.5) is 0 Å². The van der Waals surface area contributed by atoms with E-state index in [4.69, 9.17) is 10.5 Å². The Morgan fingerprint density at radius 2 is 1.93 bits per heavy atom. The van der Waals surface area contributed by atoms with Gasteiger partial charge in [0.05, 0.1) is 17.5 Å². The number of rotatable bonds is 4. The number of likely N-dealkylation sites (tertiary alicyclic amines) is 1. The first-order valence-electron chi connectivity index (χ1n) is 9.68. The number of fused-ring (bicyclic) bond motifs is 1. The third kappa shape index (κ3) is 3.73. The first-order valence-corrected chi connectivity index (χ1v) is 9.68. The zero-order valence-corrected chi connectivity index (χ0v) is 17.4. The summed E-state index contributed by atoms with van der Waals surface area (Å²) >= 11 is 0. The molecule has 0 bridgehead atoms. The van der Waals surface area contributed by atoms with Crippen molar-refractivity contribution in [2.75, 3.05) is 13.1 Å². The number of carbonyl (C=O) groups excluding carboxylic acids is 1. The normalized spacial score (nSPS) is 23.6. The average Bonchev–Trinajstić information content (AvgIpc) is 3.31. The van der Waals surface area contributed by atoms with Crippen LogP contribution in [-0.4, -0.2) is 51.0 Å². The molecule has 3 atom stereocenters. The molecule has 152 valence electrons. The number of carbonyl (C=O) groups is 1. The lowest BCUT2D eigenvalue weighted by Gasteiger charge is -2.17. The first kappa shape index (κ1) is 20.6. The molecule has 3 unspecified atom stereocenters. The number of halogens is 1. The van der Waals surface area contributed by atoms with E-state index in [-0.39, 0.29) is 30.5 Å². The second-order valence-corrected chi connectivity index (χ2v) is 7.97. The number of nitrogens with two attached hydrogens (primary N) is 1. The summed E-state index contributed by atoms with van der Waals surface area (Å²) in [4.78, 5) is 14.9. The predicted molar refractivity (Wildman–Crippen MR) is 109 cm³/mol. The van der Waals surface area contributed by atoms with E-state index in [1.807, 2.05) is 49.9 Å². The number of benzene rings is 1. The van der Waals surface area contributed by atoms with Crippen LogP contribution < -0.4 is 10.5 Å². The van der Waals surface area contributed by atoms with Gasteiger partial charge in [-0.2, -0.15) is 0 Å². The minimum atomic E-state index is -0.0416. The maximum Gasteiger partial charge on any atom is 0.276 e. The molecule has 1 saturated carbocycles. The summed E-state index contributed by atoms with van der Waals surface area (Å²) in [6.07, 6.45) is 2.32. The molecule has 1 saturated heterocycles. The van der Waals surface area contributed by atoms with Crippen molar-refractivity contribution in [3.63, 3.8) is 0 Å². The summed E-state index contributed by atoms with van der Waals surface area (Å²) in [5, 5.41) is 8.39. The SMILES string of the molecule is Cc1c(C(=O)N2CC3CCC(N)C3C2)nnn1-c1ccc(OC(C)C)cc1.Cl. The van der Waals surface area contributed by atoms with Crippen molar-refractivity contribution in [2.45, 2.75) is 45.8 Å². The summed E-state index contributed by atoms with van der Waals surface area (Å²) in [7, 11) is 0. The van der Waals surface area contributed by atoms with Gasteiger partial charge >= 0.3 is 0 Å². The molecule has 1 aromatic heterocycles. The second kappa shape index (κ2) is 8.09. The summed E-state index contributed by atoms with van der Waals surface area (Å²) in [6, 6.07) is 7.87. The van der Waals surface area contributed by atoms with Gasteiger partial charge in [-0.3, -0.25) is 4.79 Å². The van der Waals surface area contributed by atoms with Crippen molar-refractivity contribution in [1.82, 2.24) is 19.9 Å².